The maximum absolute atomic E-state index is 13.3. The fourth-order valence-corrected chi connectivity index (χ4v) is 4.49. The van der Waals surface area contributed by atoms with E-state index in [-0.39, 0.29) is 4.90 Å². The number of halogens is 2. The molecule has 8 heteroatoms. The van der Waals surface area contributed by atoms with Gasteiger partial charge in [0.05, 0.1) is 10.6 Å². The van der Waals surface area contributed by atoms with Crippen LogP contribution < -0.4 is 9.62 Å². The van der Waals surface area contributed by atoms with E-state index in [0.29, 0.717) is 21.4 Å². The number of carbonyl (C=O) groups is 1. The van der Waals surface area contributed by atoms with Crippen molar-refractivity contribution in [3.8, 4) is 0 Å². The molecule has 30 heavy (non-hydrogen) atoms. The van der Waals surface area contributed by atoms with Gasteiger partial charge >= 0.3 is 0 Å². The monoisotopic (exact) mass is 462 g/mol. The zero-order chi connectivity index (χ0) is 21.9. The van der Waals surface area contributed by atoms with Crippen molar-refractivity contribution in [2.45, 2.75) is 18.7 Å². The van der Waals surface area contributed by atoms with Gasteiger partial charge in [0.1, 0.15) is 6.54 Å². The Balaban J connectivity index is 1.93. The first-order valence-electron chi connectivity index (χ1n) is 9.08. The molecule has 0 saturated carbocycles. The molecule has 1 N–H and O–H groups in total. The number of rotatable bonds is 6. The number of benzene rings is 3. The molecule has 0 aliphatic rings. The molecule has 0 aliphatic carbocycles. The van der Waals surface area contributed by atoms with Gasteiger partial charge in [-0.1, -0.05) is 47.0 Å². The molecule has 0 atom stereocenters. The van der Waals surface area contributed by atoms with E-state index in [1.54, 1.807) is 54.6 Å². The molecule has 5 nitrogen and oxygen atoms in total. The average molecular weight is 463 g/mol. The number of nitrogens with one attached hydrogen (secondary N) is 1. The van der Waals surface area contributed by atoms with Crippen LogP contribution in [-0.2, 0) is 14.8 Å². The molecule has 0 spiro atoms. The second kappa shape index (κ2) is 9.08. The maximum atomic E-state index is 13.3. The first-order valence-corrected chi connectivity index (χ1v) is 11.3. The number of sulfonamides is 1. The van der Waals surface area contributed by atoms with Crippen molar-refractivity contribution < 1.29 is 13.2 Å². The third-order valence-electron chi connectivity index (χ3n) is 4.47. The van der Waals surface area contributed by atoms with Crippen LogP contribution in [-0.4, -0.2) is 20.9 Å². The van der Waals surface area contributed by atoms with Crippen molar-refractivity contribution in [1.29, 1.82) is 0 Å². The minimum absolute atomic E-state index is 0.0919. The average Bonchev–Trinajstić information content (AvgIpc) is 2.70. The highest BCUT2D eigenvalue weighted by Gasteiger charge is 2.27. The van der Waals surface area contributed by atoms with Gasteiger partial charge in [-0.2, -0.15) is 0 Å². The molecule has 3 aromatic carbocycles. The summed E-state index contributed by atoms with van der Waals surface area (Å²) in [6.07, 6.45) is 0. The zero-order valence-electron chi connectivity index (χ0n) is 16.4. The van der Waals surface area contributed by atoms with E-state index in [4.69, 9.17) is 23.2 Å². The Morgan fingerprint density at radius 1 is 0.933 bits per heavy atom. The topological polar surface area (TPSA) is 66.5 Å². The summed E-state index contributed by atoms with van der Waals surface area (Å²) < 4.78 is 27.7. The summed E-state index contributed by atoms with van der Waals surface area (Å²) in [7, 11) is -3.98. The summed E-state index contributed by atoms with van der Waals surface area (Å²) in [5.74, 6) is -0.499. The van der Waals surface area contributed by atoms with Crippen molar-refractivity contribution >= 4 is 50.5 Å². The lowest BCUT2D eigenvalue weighted by Gasteiger charge is -2.24. The molecular formula is C22H20Cl2N2O3S. The van der Waals surface area contributed by atoms with E-state index in [2.05, 4.69) is 5.32 Å². The van der Waals surface area contributed by atoms with Gasteiger partial charge < -0.3 is 5.32 Å². The van der Waals surface area contributed by atoms with Crippen molar-refractivity contribution in [2.75, 3.05) is 16.2 Å². The third kappa shape index (κ3) is 5.14. The van der Waals surface area contributed by atoms with Crippen LogP contribution in [0.5, 0.6) is 0 Å². The second-order valence-electron chi connectivity index (χ2n) is 6.81. The van der Waals surface area contributed by atoms with Crippen LogP contribution in [0.15, 0.2) is 71.6 Å². The third-order valence-corrected chi connectivity index (χ3v) is 6.91. The van der Waals surface area contributed by atoms with E-state index in [1.165, 1.54) is 12.1 Å². The highest BCUT2D eigenvalue weighted by molar-refractivity contribution is 7.92. The number of carbonyl (C=O) groups excluding carboxylic acids is 1. The molecule has 0 unspecified atom stereocenters. The smallest absolute Gasteiger partial charge is 0.264 e. The normalized spacial score (nSPS) is 11.2. The molecule has 156 valence electrons. The van der Waals surface area contributed by atoms with Gasteiger partial charge in [0, 0.05) is 15.7 Å². The lowest BCUT2D eigenvalue weighted by atomic mass is 10.2. The minimum Gasteiger partial charge on any atom is -0.324 e. The Kier molecular flexibility index (Phi) is 6.71. The number of hydrogen-bond donors (Lipinski definition) is 1. The van der Waals surface area contributed by atoms with Gasteiger partial charge in [0.25, 0.3) is 10.0 Å². The Hall–Kier alpha value is -2.54. The van der Waals surface area contributed by atoms with E-state index in [0.717, 1.165) is 15.4 Å². The SMILES string of the molecule is Cc1ccc(S(=O)(=O)N(CC(=O)Nc2ccc(C)c(Cl)c2)c2ccc(Cl)cc2)cc1. The molecule has 1 amide bonds. The van der Waals surface area contributed by atoms with Crippen LogP contribution in [0.1, 0.15) is 11.1 Å². The summed E-state index contributed by atoms with van der Waals surface area (Å²) in [4.78, 5) is 12.8. The first-order chi connectivity index (χ1) is 14.2. The zero-order valence-corrected chi connectivity index (χ0v) is 18.7. The second-order valence-corrected chi connectivity index (χ2v) is 9.52. The molecule has 0 aromatic heterocycles. The number of anilines is 2. The number of aryl methyl sites for hydroxylation is 2. The van der Waals surface area contributed by atoms with Crippen LogP contribution >= 0.6 is 23.2 Å². The van der Waals surface area contributed by atoms with Gasteiger partial charge in [0.2, 0.25) is 5.91 Å². The number of nitrogens with zero attached hydrogens (tertiary/aromatic N) is 1. The van der Waals surface area contributed by atoms with Gasteiger partial charge in [-0.25, -0.2) is 8.42 Å². The molecule has 3 rings (SSSR count). The quantitative estimate of drug-likeness (QED) is 0.529. The minimum atomic E-state index is -3.98. The first kappa shape index (κ1) is 22.2. The van der Waals surface area contributed by atoms with Crippen molar-refractivity contribution in [3.63, 3.8) is 0 Å². The Bertz CT molecular complexity index is 1160. The fourth-order valence-electron chi connectivity index (χ4n) is 2.76. The van der Waals surface area contributed by atoms with Crippen LogP contribution in [0.25, 0.3) is 0 Å². The Labute approximate surface area is 186 Å². The predicted octanol–water partition coefficient (Wildman–Crippen LogP) is 5.44. The lowest BCUT2D eigenvalue weighted by Crippen LogP contribution is -2.38. The standard InChI is InChI=1S/C22H20Cl2N2O3S/c1-15-3-11-20(12-4-15)30(28,29)26(19-9-6-17(23)7-10-19)14-22(27)25-18-8-5-16(2)21(24)13-18/h3-13H,14H2,1-2H3,(H,25,27). The number of amides is 1. The molecular weight excluding hydrogens is 443 g/mol. The summed E-state index contributed by atoms with van der Waals surface area (Å²) >= 11 is 12.1. The van der Waals surface area contributed by atoms with Crippen molar-refractivity contribution in [2.24, 2.45) is 0 Å². The van der Waals surface area contributed by atoms with Gasteiger partial charge in [-0.15, -0.1) is 0 Å². The van der Waals surface area contributed by atoms with Gasteiger partial charge in [-0.3, -0.25) is 9.10 Å². The van der Waals surface area contributed by atoms with E-state index >= 15 is 0 Å². The summed E-state index contributed by atoms with van der Waals surface area (Å²) in [5, 5.41) is 3.67. The van der Waals surface area contributed by atoms with Crippen molar-refractivity contribution in [3.05, 3.63) is 87.9 Å². The summed E-state index contributed by atoms with van der Waals surface area (Å²) in [5.41, 5.74) is 2.62. The Morgan fingerprint density at radius 2 is 1.57 bits per heavy atom. The molecule has 0 bridgehead atoms. The molecule has 0 aliphatic heterocycles. The van der Waals surface area contributed by atoms with Crippen molar-refractivity contribution in [1.82, 2.24) is 0 Å². The molecule has 0 heterocycles. The van der Waals surface area contributed by atoms with Gasteiger partial charge in [-0.05, 0) is 67.9 Å². The maximum Gasteiger partial charge on any atom is 0.264 e. The lowest BCUT2D eigenvalue weighted by molar-refractivity contribution is -0.114. The fraction of sp³-hybridized carbons (Fsp3) is 0.136. The van der Waals surface area contributed by atoms with Crippen LogP contribution in [0.3, 0.4) is 0 Å². The Morgan fingerprint density at radius 3 is 2.17 bits per heavy atom. The predicted molar refractivity (Wildman–Crippen MR) is 122 cm³/mol. The van der Waals surface area contributed by atoms with Gasteiger partial charge in [0.15, 0.2) is 0 Å². The summed E-state index contributed by atoms with van der Waals surface area (Å²) in [6, 6.07) is 17.8. The molecule has 3 aromatic rings. The molecule has 0 saturated heterocycles. The van der Waals surface area contributed by atoms with Crippen LogP contribution in [0.4, 0.5) is 11.4 Å². The molecule has 0 radical (unpaired) electrons. The van der Waals surface area contributed by atoms with Crippen LogP contribution in [0.2, 0.25) is 10.0 Å². The number of hydrogen-bond acceptors (Lipinski definition) is 3. The van der Waals surface area contributed by atoms with E-state index < -0.39 is 22.5 Å². The summed E-state index contributed by atoms with van der Waals surface area (Å²) in [6.45, 7) is 3.31. The highest BCUT2D eigenvalue weighted by atomic mass is 35.5. The molecule has 0 fully saturated rings. The van der Waals surface area contributed by atoms with E-state index in [1.807, 2.05) is 13.8 Å². The van der Waals surface area contributed by atoms with Crippen LogP contribution in [0, 0.1) is 13.8 Å². The largest absolute Gasteiger partial charge is 0.324 e. The highest BCUT2D eigenvalue weighted by Crippen LogP contribution is 2.26. The van der Waals surface area contributed by atoms with E-state index in [9.17, 15) is 13.2 Å².